The maximum Gasteiger partial charge on any atom is 0.291 e. The molecular formula is C23H29N3O3. The van der Waals surface area contributed by atoms with Crippen LogP contribution >= 0.6 is 0 Å². The quantitative estimate of drug-likeness (QED) is 0.853. The Kier molecular flexibility index (Phi) is 5.04. The zero-order valence-corrected chi connectivity index (χ0v) is 16.9. The monoisotopic (exact) mass is 395 g/mol. The predicted octanol–water partition coefficient (Wildman–Crippen LogP) is 3.87. The van der Waals surface area contributed by atoms with Gasteiger partial charge in [0.1, 0.15) is 11.3 Å². The fraction of sp³-hybridized carbons (Fsp3) is 0.565. The highest BCUT2D eigenvalue weighted by Crippen LogP contribution is 2.36. The summed E-state index contributed by atoms with van der Waals surface area (Å²) >= 11 is 0. The van der Waals surface area contributed by atoms with Crippen molar-refractivity contribution in [3.8, 4) is 0 Å². The van der Waals surface area contributed by atoms with Crippen LogP contribution in [0, 0.1) is 5.92 Å². The van der Waals surface area contributed by atoms with Gasteiger partial charge < -0.3 is 19.5 Å². The molecule has 154 valence electrons. The molecule has 1 aromatic heterocycles. The molecule has 5 rings (SSSR count). The SMILES string of the molecule is O=C(Nc1c(C(=O)N2CCC(N3CCCCC3)CC2)oc2ccccc12)C1CC1. The van der Waals surface area contributed by atoms with E-state index in [1.807, 2.05) is 29.2 Å². The molecule has 2 saturated heterocycles. The number of para-hydroxylation sites is 1. The summed E-state index contributed by atoms with van der Waals surface area (Å²) in [6.45, 7) is 3.87. The zero-order valence-electron chi connectivity index (χ0n) is 16.9. The van der Waals surface area contributed by atoms with Crippen molar-refractivity contribution < 1.29 is 14.0 Å². The van der Waals surface area contributed by atoms with Crippen molar-refractivity contribution in [2.24, 2.45) is 5.92 Å². The second-order valence-corrected chi connectivity index (χ2v) is 8.69. The average Bonchev–Trinajstić information content (AvgIpc) is 3.57. The number of nitrogens with zero attached hydrogens (tertiary/aromatic N) is 2. The first-order valence-electron chi connectivity index (χ1n) is 11.1. The van der Waals surface area contributed by atoms with Crippen molar-refractivity contribution in [3.63, 3.8) is 0 Å². The summed E-state index contributed by atoms with van der Waals surface area (Å²) in [7, 11) is 0. The van der Waals surface area contributed by atoms with Crippen LogP contribution in [-0.4, -0.2) is 53.8 Å². The number of carbonyl (C=O) groups excluding carboxylic acids is 2. The Morgan fingerprint density at radius 3 is 2.38 bits per heavy atom. The van der Waals surface area contributed by atoms with Crippen LogP contribution in [0.4, 0.5) is 5.69 Å². The molecule has 2 aliphatic heterocycles. The van der Waals surface area contributed by atoms with Crippen LogP contribution in [-0.2, 0) is 4.79 Å². The highest BCUT2D eigenvalue weighted by atomic mass is 16.3. The summed E-state index contributed by atoms with van der Waals surface area (Å²) in [6.07, 6.45) is 7.80. The summed E-state index contributed by atoms with van der Waals surface area (Å²) in [5.41, 5.74) is 1.19. The lowest BCUT2D eigenvalue weighted by atomic mass is 9.99. The first-order chi connectivity index (χ1) is 14.2. The number of likely N-dealkylation sites (tertiary alicyclic amines) is 2. The van der Waals surface area contributed by atoms with Crippen molar-refractivity contribution in [2.45, 2.75) is 51.0 Å². The van der Waals surface area contributed by atoms with Gasteiger partial charge in [-0.2, -0.15) is 0 Å². The minimum Gasteiger partial charge on any atom is -0.449 e. The highest BCUT2D eigenvalue weighted by Gasteiger charge is 2.34. The van der Waals surface area contributed by atoms with Crippen LogP contribution < -0.4 is 5.32 Å². The van der Waals surface area contributed by atoms with E-state index < -0.39 is 0 Å². The number of hydrogen-bond acceptors (Lipinski definition) is 4. The molecule has 2 amide bonds. The maximum absolute atomic E-state index is 13.3. The lowest BCUT2D eigenvalue weighted by Gasteiger charge is -2.40. The molecule has 29 heavy (non-hydrogen) atoms. The third-order valence-electron chi connectivity index (χ3n) is 6.64. The summed E-state index contributed by atoms with van der Waals surface area (Å²) in [4.78, 5) is 30.2. The van der Waals surface area contributed by atoms with Crippen molar-refractivity contribution in [2.75, 3.05) is 31.5 Å². The summed E-state index contributed by atoms with van der Waals surface area (Å²) < 4.78 is 5.94. The van der Waals surface area contributed by atoms with E-state index in [4.69, 9.17) is 4.42 Å². The van der Waals surface area contributed by atoms with Gasteiger partial charge in [-0.1, -0.05) is 18.6 Å². The Bertz CT molecular complexity index is 903. The fourth-order valence-corrected chi connectivity index (χ4v) is 4.75. The number of piperidine rings is 2. The number of benzene rings is 1. The first kappa shape index (κ1) is 18.7. The van der Waals surface area contributed by atoms with Gasteiger partial charge in [0.2, 0.25) is 11.7 Å². The van der Waals surface area contributed by atoms with Crippen LogP contribution in [0.5, 0.6) is 0 Å². The number of carbonyl (C=O) groups is 2. The number of furan rings is 1. The van der Waals surface area contributed by atoms with E-state index >= 15 is 0 Å². The molecule has 0 radical (unpaired) electrons. The van der Waals surface area contributed by atoms with E-state index in [1.54, 1.807) is 0 Å². The van der Waals surface area contributed by atoms with Crippen LogP contribution in [0.1, 0.15) is 55.5 Å². The summed E-state index contributed by atoms with van der Waals surface area (Å²) in [6, 6.07) is 8.13. The molecule has 0 unspecified atom stereocenters. The maximum atomic E-state index is 13.3. The molecule has 1 aliphatic carbocycles. The Labute approximate surface area is 171 Å². The van der Waals surface area contributed by atoms with Crippen LogP contribution in [0.25, 0.3) is 11.0 Å². The van der Waals surface area contributed by atoms with Gasteiger partial charge in [0.25, 0.3) is 5.91 Å². The van der Waals surface area contributed by atoms with Gasteiger partial charge in [0.15, 0.2) is 0 Å². The van der Waals surface area contributed by atoms with Crippen LogP contribution in [0.2, 0.25) is 0 Å². The van der Waals surface area contributed by atoms with Gasteiger partial charge >= 0.3 is 0 Å². The summed E-state index contributed by atoms with van der Waals surface area (Å²) in [5.74, 6) is 0.238. The van der Waals surface area contributed by atoms with Crippen LogP contribution in [0.15, 0.2) is 28.7 Å². The standard InChI is InChI=1S/C23H29N3O3/c27-22(16-8-9-16)24-20-18-6-2-3-7-19(18)29-21(20)23(28)26-14-10-17(11-15-26)25-12-4-1-5-13-25/h2-3,6-7,16-17H,1,4-5,8-15H2,(H,24,27). The zero-order chi connectivity index (χ0) is 19.8. The average molecular weight is 396 g/mol. The number of anilines is 1. The van der Waals surface area contributed by atoms with Crippen molar-refractivity contribution in [1.29, 1.82) is 0 Å². The lowest BCUT2D eigenvalue weighted by molar-refractivity contribution is -0.117. The first-order valence-corrected chi connectivity index (χ1v) is 11.1. The number of rotatable bonds is 4. The van der Waals surface area contributed by atoms with E-state index in [0.29, 0.717) is 17.3 Å². The van der Waals surface area contributed by atoms with E-state index in [0.717, 1.165) is 44.2 Å². The van der Waals surface area contributed by atoms with Gasteiger partial charge in [0.05, 0.1) is 0 Å². The topological polar surface area (TPSA) is 65.8 Å². The van der Waals surface area contributed by atoms with Crippen molar-refractivity contribution in [3.05, 3.63) is 30.0 Å². The van der Waals surface area contributed by atoms with Crippen molar-refractivity contribution in [1.82, 2.24) is 9.80 Å². The molecule has 3 aliphatic rings. The molecule has 0 spiro atoms. The molecule has 3 fully saturated rings. The minimum atomic E-state index is -0.107. The lowest BCUT2D eigenvalue weighted by Crippen LogP contribution is -2.48. The molecule has 6 heteroatoms. The fourth-order valence-electron chi connectivity index (χ4n) is 4.75. The second kappa shape index (κ2) is 7.82. The highest BCUT2D eigenvalue weighted by molar-refractivity contribution is 6.11. The van der Waals surface area contributed by atoms with E-state index in [2.05, 4.69) is 10.2 Å². The molecule has 1 saturated carbocycles. The Morgan fingerprint density at radius 1 is 0.931 bits per heavy atom. The molecular weight excluding hydrogens is 366 g/mol. The Hall–Kier alpha value is -2.34. The largest absolute Gasteiger partial charge is 0.449 e. The third-order valence-corrected chi connectivity index (χ3v) is 6.64. The van der Waals surface area contributed by atoms with E-state index in [1.165, 1.54) is 32.4 Å². The third kappa shape index (κ3) is 3.78. The molecule has 0 bridgehead atoms. The van der Waals surface area contributed by atoms with E-state index in [-0.39, 0.29) is 23.5 Å². The minimum absolute atomic E-state index is 0.00518. The van der Waals surface area contributed by atoms with Gasteiger partial charge in [-0.05, 0) is 63.7 Å². The molecule has 2 aromatic rings. The predicted molar refractivity (Wildman–Crippen MR) is 112 cm³/mol. The molecule has 1 aromatic carbocycles. The molecule has 0 atom stereocenters. The number of amides is 2. The molecule has 3 heterocycles. The Morgan fingerprint density at radius 2 is 1.66 bits per heavy atom. The van der Waals surface area contributed by atoms with Crippen LogP contribution in [0.3, 0.4) is 0 Å². The molecule has 6 nitrogen and oxygen atoms in total. The van der Waals surface area contributed by atoms with Gasteiger partial charge in [-0.15, -0.1) is 0 Å². The van der Waals surface area contributed by atoms with Gasteiger partial charge in [-0.3, -0.25) is 9.59 Å². The number of fused-ring (bicyclic) bond motifs is 1. The number of hydrogen-bond donors (Lipinski definition) is 1. The van der Waals surface area contributed by atoms with Gasteiger partial charge in [0, 0.05) is 30.4 Å². The van der Waals surface area contributed by atoms with Crippen molar-refractivity contribution >= 4 is 28.5 Å². The normalized spacial score (nSPS) is 21.4. The Balaban J connectivity index is 1.33. The van der Waals surface area contributed by atoms with Gasteiger partial charge in [-0.25, -0.2) is 0 Å². The van der Waals surface area contributed by atoms with E-state index in [9.17, 15) is 9.59 Å². The molecule has 1 N–H and O–H groups in total. The summed E-state index contributed by atoms with van der Waals surface area (Å²) in [5, 5.41) is 3.79. The number of nitrogens with one attached hydrogen (secondary N) is 1. The second-order valence-electron chi connectivity index (χ2n) is 8.69. The smallest absolute Gasteiger partial charge is 0.291 e.